The van der Waals surface area contributed by atoms with Crippen molar-refractivity contribution in [2.45, 2.75) is 51.6 Å². The molecule has 0 radical (unpaired) electrons. The molecule has 1 rings (SSSR count). The molecule has 114 valence electrons. The van der Waals surface area contributed by atoms with Gasteiger partial charge in [-0.25, -0.2) is 4.79 Å². The van der Waals surface area contributed by atoms with Crippen molar-refractivity contribution >= 4 is 17.8 Å². The molecule has 1 heterocycles. The molecule has 1 saturated heterocycles. The number of aliphatic hydroxyl groups excluding tert-OH is 1. The van der Waals surface area contributed by atoms with E-state index in [1.807, 2.05) is 6.92 Å². The maximum absolute atomic E-state index is 11.9. The Kier molecular flexibility index (Phi) is 5.50. The first-order valence-electron chi connectivity index (χ1n) is 6.86. The molecule has 1 aliphatic rings. The van der Waals surface area contributed by atoms with E-state index >= 15 is 0 Å². The Labute approximate surface area is 118 Å². The van der Waals surface area contributed by atoms with Crippen LogP contribution in [-0.2, 0) is 9.59 Å². The molecular formula is C13H23N3O4. The second kappa shape index (κ2) is 6.69. The average Bonchev–Trinajstić information content (AvgIpc) is 2.56. The topological polar surface area (TPSA) is 98.7 Å². The van der Waals surface area contributed by atoms with Crippen LogP contribution in [0, 0.1) is 0 Å². The average molecular weight is 285 g/mol. The summed E-state index contributed by atoms with van der Waals surface area (Å²) < 4.78 is 0. The van der Waals surface area contributed by atoms with Gasteiger partial charge in [-0.3, -0.25) is 14.5 Å². The Hall–Kier alpha value is -1.63. The Morgan fingerprint density at radius 3 is 2.55 bits per heavy atom. The fraction of sp³-hybridized carbons (Fsp3) is 0.769. The van der Waals surface area contributed by atoms with Gasteiger partial charge in [-0.15, -0.1) is 0 Å². The first-order chi connectivity index (χ1) is 9.31. The largest absolute Gasteiger partial charge is 0.396 e. The third-order valence-corrected chi connectivity index (χ3v) is 3.34. The van der Waals surface area contributed by atoms with E-state index in [2.05, 4.69) is 10.6 Å². The molecule has 20 heavy (non-hydrogen) atoms. The van der Waals surface area contributed by atoms with E-state index in [4.69, 9.17) is 5.11 Å². The molecule has 0 bridgehead atoms. The molecule has 3 N–H and O–H groups in total. The zero-order chi connectivity index (χ0) is 15.3. The molecule has 1 fully saturated rings. The maximum Gasteiger partial charge on any atom is 0.325 e. The third-order valence-electron chi connectivity index (χ3n) is 3.34. The first-order valence-corrected chi connectivity index (χ1v) is 6.86. The number of aliphatic hydroxyl groups is 1. The monoisotopic (exact) mass is 285 g/mol. The minimum absolute atomic E-state index is 0.0139. The molecule has 1 unspecified atom stereocenters. The van der Waals surface area contributed by atoms with Gasteiger partial charge in [0.05, 0.1) is 0 Å². The highest BCUT2D eigenvalue weighted by atomic mass is 16.3. The standard InChI is InChI=1S/C13H23N3O4/c1-4-9(6-8-17)14-10(18)5-7-16-11(19)13(2,3)15-12(16)20/h9,17H,4-8H2,1-3H3,(H,14,18)(H,15,20). The lowest BCUT2D eigenvalue weighted by Crippen LogP contribution is -2.41. The van der Waals surface area contributed by atoms with Gasteiger partial charge in [0.2, 0.25) is 5.91 Å². The predicted molar refractivity (Wildman–Crippen MR) is 72.9 cm³/mol. The molecule has 7 nitrogen and oxygen atoms in total. The zero-order valence-electron chi connectivity index (χ0n) is 12.2. The van der Waals surface area contributed by atoms with Crippen molar-refractivity contribution in [3.8, 4) is 0 Å². The summed E-state index contributed by atoms with van der Waals surface area (Å²) in [6.07, 6.45) is 1.29. The molecule has 0 aromatic rings. The molecule has 0 aromatic heterocycles. The lowest BCUT2D eigenvalue weighted by Gasteiger charge is -2.18. The number of nitrogens with one attached hydrogen (secondary N) is 2. The van der Waals surface area contributed by atoms with Crippen molar-refractivity contribution in [1.29, 1.82) is 0 Å². The third kappa shape index (κ3) is 3.93. The summed E-state index contributed by atoms with van der Waals surface area (Å²) in [6, 6.07) is -0.540. The maximum atomic E-state index is 11.9. The van der Waals surface area contributed by atoms with Crippen LogP contribution in [0.15, 0.2) is 0 Å². The Balaban J connectivity index is 2.45. The highest BCUT2D eigenvalue weighted by Gasteiger charge is 2.43. The molecule has 7 heteroatoms. The van der Waals surface area contributed by atoms with E-state index in [0.29, 0.717) is 6.42 Å². The van der Waals surface area contributed by atoms with Crippen LogP contribution in [0.4, 0.5) is 4.79 Å². The van der Waals surface area contributed by atoms with Gasteiger partial charge < -0.3 is 15.7 Å². The van der Waals surface area contributed by atoms with E-state index in [1.54, 1.807) is 13.8 Å². The minimum Gasteiger partial charge on any atom is -0.396 e. The fourth-order valence-electron chi connectivity index (χ4n) is 2.07. The lowest BCUT2D eigenvalue weighted by atomic mass is 10.1. The Morgan fingerprint density at radius 2 is 2.10 bits per heavy atom. The second-order valence-electron chi connectivity index (χ2n) is 5.45. The van der Waals surface area contributed by atoms with Crippen LogP contribution in [0.5, 0.6) is 0 Å². The summed E-state index contributed by atoms with van der Waals surface area (Å²) in [5, 5.41) is 14.2. The zero-order valence-corrected chi connectivity index (χ0v) is 12.2. The van der Waals surface area contributed by atoms with Gasteiger partial charge in [0.1, 0.15) is 5.54 Å². The van der Waals surface area contributed by atoms with Crippen molar-refractivity contribution in [1.82, 2.24) is 15.5 Å². The first kappa shape index (κ1) is 16.4. The number of rotatable bonds is 7. The van der Waals surface area contributed by atoms with Crippen LogP contribution >= 0.6 is 0 Å². The Morgan fingerprint density at radius 1 is 1.45 bits per heavy atom. The summed E-state index contributed by atoms with van der Waals surface area (Å²) in [5.41, 5.74) is -0.906. The quantitative estimate of drug-likeness (QED) is 0.573. The lowest BCUT2D eigenvalue weighted by molar-refractivity contribution is -0.130. The molecule has 0 saturated carbocycles. The highest BCUT2D eigenvalue weighted by molar-refractivity contribution is 6.06. The van der Waals surface area contributed by atoms with Gasteiger partial charge in [0.25, 0.3) is 5.91 Å². The number of nitrogens with zero attached hydrogens (tertiary/aromatic N) is 1. The molecular weight excluding hydrogens is 262 g/mol. The van der Waals surface area contributed by atoms with Crippen molar-refractivity contribution in [2.24, 2.45) is 0 Å². The van der Waals surface area contributed by atoms with Gasteiger partial charge >= 0.3 is 6.03 Å². The highest BCUT2D eigenvalue weighted by Crippen LogP contribution is 2.16. The normalized spacial score (nSPS) is 18.9. The number of carbonyl (C=O) groups excluding carboxylic acids is 3. The number of hydrogen-bond donors (Lipinski definition) is 3. The van der Waals surface area contributed by atoms with Gasteiger partial charge in [0.15, 0.2) is 0 Å². The van der Waals surface area contributed by atoms with E-state index in [9.17, 15) is 14.4 Å². The smallest absolute Gasteiger partial charge is 0.325 e. The van der Waals surface area contributed by atoms with Crippen LogP contribution in [0.1, 0.15) is 40.0 Å². The fourth-order valence-corrected chi connectivity index (χ4v) is 2.07. The summed E-state index contributed by atoms with van der Waals surface area (Å²) in [4.78, 5) is 36.3. The van der Waals surface area contributed by atoms with Crippen LogP contribution in [0.25, 0.3) is 0 Å². The van der Waals surface area contributed by atoms with Gasteiger partial charge in [-0.1, -0.05) is 6.92 Å². The predicted octanol–water partition coefficient (Wildman–Crippen LogP) is -0.0159. The van der Waals surface area contributed by atoms with Crippen LogP contribution in [-0.4, -0.2) is 52.6 Å². The van der Waals surface area contributed by atoms with Crippen LogP contribution < -0.4 is 10.6 Å². The van der Waals surface area contributed by atoms with E-state index in [0.717, 1.165) is 11.3 Å². The summed E-state index contributed by atoms with van der Waals surface area (Å²) in [6.45, 7) is 5.25. The van der Waals surface area contributed by atoms with Gasteiger partial charge in [-0.2, -0.15) is 0 Å². The number of imide groups is 1. The molecule has 1 atom stereocenters. The molecule has 0 spiro atoms. The molecule has 4 amide bonds. The number of hydrogen-bond acceptors (Lipinski definition) is 4. The van der Waals surface area contributed by atoms with Crippen LogP contribution in [0.3, 0.4) is 0 Å². The number of carbonyl (C=O) groups is 3. The van der Waals surface area contributed by atoms with Crippen molar-refractivity contribution in [2.75, 3.05) is 13.2 Å². The van der Waals surface area contributed by atoms with E-state index in [-0.39, 0.29) is 37.4 Å². The molecule has 1 aliphatic heterocycles. The summed E-state index contributed by atoms with van der Waals surface area (Å²) in [7, 11) is 0. The van der Waals surface area contributed by atoms with Crippen molar-refractivity contribution in [3.05, 3.63) is 0 Å². The second-order valence-corrected chi connectivity index (χ2v) is 5.45. The SMILES string of the molecule is CCC(CCO)NC(=O)CCN1C(=O)NC(C)(C)C1=O. The Bertz CT molecular complexity index is 395. The van der Waals surface area contributed by atoms with E-state index in [1.165, 1.54) is 0 Å². The molecule has 0 aliphatic carbocycles. The summed E-state index contributed by atoms with van der Waals surface area (Å²) in [5.74, 6) is -0.548. The van der Waals surface area contributed by atoms with E-state index < -0.39 is 11.6 Å². The van der Waals surface area contributed by atoms with Gasteiger partial charge in [-0.05, 0) is 26.7 Å². The van der Waals surface area contributed by atoms with Crippen molar-refractivity contribution in [3.63, 3.8) is 0 Å². The minimum atomic E-state index is -0.906. The molecule has 0 aromatic carbocycles. The number of urea groups is 1. The number of amides is 4. The van der Waals surface area contributed by atoms with Crippen molar-refractivity contribution < 1.29 is 19.5 Å². The van der Waals surface area contributed by atoms with Crippen LogP contribution in [0.2, 0.25) is 0 Å². The van der Waals surface area contributed by atoms with Gasteiger partial charge in [0, 0.05) is 25.6 Å². The summed E-state index contributed by atoms with van der Waals surface area (Å²) >= 11 is 0.